The number of hydrazone groups is 1. The van der Waals surface area contributed by atoms with Crippen molar-refractivity contribution in [3.8, 4) is 23.8 Å². The third-order valence-corrected chi connectivity index (χ3v) is 5.73. The third-order valence-electron chi connectivity index (χ3n) is 4.42. The molecule has 1 atom stereocenters. The first-order chi connectivity index (χ1) is 15.0. The highest BCUT2D eigenvalue weighted by atomic mass is 79.9. The van der Waals surface area contributed by atoms with Crippen molar-refractivity contribution in [2.45, 2.75) is 19.4 Å². The highest BCUT2D eigenvalue weighted by molar-refractivity contribution is 9.11. The number of carbonyl (C=O) groups is 1. The molecular formula is C24H20Br2N2O3. The Morgan fingerprint density at radius 1 is 1.19 bits per heavy atom. The van der Waals surface area contributed by atoms with Gasteiger partial charge >= 0.3 is 0 Å². The second-order valence-electron chi connectivity index (χ2n) is 6.52. The summed E-state index contributed by atoms with van der Waals surface area (Å²) in [6.45, 7) is 2.02. The number of rotatable bonds is 8. The van der Waals surface area contributed by atoms with E-state index in [0.29, 0.717) is 23.5 Å². The summed E-state index contributed by atoms with van der Waals surface area (Å²) in [5.74, 6) is 3.25. The van der Waals surface area contributed by atoms with E-state index in [1.807, 2.05) is 55.5 Å². The molecule has 158 valence electrons. The van der Waals surface area contributed by atoms with E-state index in [0.717, 1.165) is 19.7 Å². The van der Waals surface area contributed by atoms with Gasteiger partial charge in [-0.1, -0.05) is 59.1 Å². The number of nitrogens with one attached hydrogen (secondary N) is 1. The fraction of sp³-hybridized carbons (Fsp3) is 0.167. The lowest BCUT2D eigenvalue weighted by Gasteiger charge is -2.17. The van der Waals surface area contributed by atoms with E-state index in [9.17, 15) is 4.79 Å². The molecular weight excluding hydrogens is 524 g/mol. The highest BCUT2D eigenvalue weighted by Gasteiger charge is 2.20. The first kappa shape index (κ1) is 22.9. The van der Waals surface area contributed by atoms with Crippen LogP contribution >= 0.6 is 31.9 Å². The normalized spacial score (nSPS) is 11.8. The SMILES string of the molecule is C#CCOc1ccc(Br)cc1/C=N/NC(=O)C(CC)Oc1ccc2ccccc2c1Br. The van der Waals surface area contributed by atoms with Gasteiger partial charge in [0.2, 0.25) is 0 Å². The first-order valence-corrected chi connectivity index (χ1v) is 11.1. The summed E-state index contributed by atoms with van der Waals surface area (Å²) in [6.07, 6.45) is 6.54. The summed E-state index contributed by atoms with van der Waals surface area (Å²) >= 11 is 7.00. The highest BCUT2D eigenvalue weighted by Crippen LogP contribution is 2.33. The molecule has 0 fully saturated rings. The summed E-state index contributed by atoms with van der Waals surface area (Å²) in [6, 6.07) is 17.2. The Labute approximate surface area is 198 Å². The van der Waals surface area contributed by atoms with Crippen LogP contribution in [0.4, 0.5) is 0 Å². The Hall–Kier alpha value is -2.82. The smallest absolute Gasteiger partial charge is 0.281 e. The Morgan fingerprint density at radius 2 is 1.97 bits per heavy atom. The Balaban J connectivity index is 1.70. The Bertz CT molecular complexity index is 1160. The minimum absolute atomic E-state index is 0.140. The minimum atomic E-state index is -0.700. The quantitative estimate of drug-likeness (QED) is 0.226. The van der Waals surface area contributed by atoms with Gasteiger partial charge in [0.1, 0.15) is 18.1 Å². The molecule has 7 heteroatoms. The molecule has 1 amide bonds. The van der Waals surface area contributed by atoms with Gasteiger partial charge in [-0.3, -0.25) is 4.79 Å². The van der Waals surface area contributed by atoms with E-state index in [-0.39, 0.29) is 12.5 Å². The Morgan fingerprint density at radius 3 is 2.74 bits per heavy atom. The number of hydrogen-bond donors (Lipinski definition) is 1. The molecule has 0 aromatic heterocycles. The van der Waals surface area contributed by atoms with E-state index >= 15 is 0 Å². The van der Waals surface area contributed by atoms with E-state index in [4.69, 9.17) is 15.9 Å². The molecule has 3 rings (SSSR count). The van der Waals surface area contributed by atoms with Gasteiger partial charge < -0.3 is 9.47 Å². The summed E-state index contributed by atoms with van der Waals surface area (Å²) in [5, 5.41) is 6.17. The van der Waals surface area contributed by atoms with Crippen LogP contribution in [0.2, 0.25) is 0 Å². The molecule has 0 aliphatic rings. The summed E-state index contributed by atoms with van der Waals surface area (Å²) < 4.78 is 13.1. The van der Waals surface area contributed by atoms with Crippen molar-refractivity contribution in [3.63, 3.8) is 0 Å². The second-order valence-corrected chi connectivity index (χ2v) is 8.23. The van der Waals surface area contributed by atoms with Gasteiger partial charge in [-0.15, -0.1) is 6.42 Å². The van der Waals surface area contributed by atoms with Crippen molar-refractivity contribution < 1.29 is 14.3 Å². The lowest BCUT2D eigenvalue weighted by Crippen LogP contribution is -2.35. The molecule has 3 aromatic rings. The van der Waals surface area contributed by atoms with E-state index in [2.05, 4.69) is 48.3 Å². The van der Waals surface area contributed by atoms with Crippen LogP contribution in [0.25, 0.3) is 10.8 Å². The molecule has 0 aliphatic carbocycles. The first-order valence-electron chi connectivity index (χ1n) is 9.56. The van der Waals surface area contributed by atoms with Gasteiger partial charge in [-0.2, -0.15) is 5.10 Å². The topological polar surface area (TPSA) is 59.9 Å². The minimum Gasteiger partial charge on any atom is -0.480 e. The molecule has 0 radical (unpaired) electrons. The van der Waals surface area contributed by atoms with Crippen LogP contribution in [0.15, 0.2) is 68.6 Å². The van der Waals surface area contributed by atoms with Crippen LogP contribution in [0, 0.1) is 12.3 Å². The predicted molar refractivity (Wildman–Crippen MR) is 131 cm³/mol. The van der Waals surface area contributed by atoms with Gasteiger partial charge in [-0.25, -0.2) is 5.43 Å². The van der Waals surface area contributed by atoms with Gasteiger partial charge in [0, 0.05) is 10.0 Å². The maximum atomic E-state index is 12.6. The van der Waals surface area contributed by atoms with Crippen molar-refractivity contribution in [1.29, 1.82) is 0 Å². The number of halogens is 2. The van der Waals surface area contributed by atoms with Crippen LogP contribution in [0.3, 0.4) is 0 Å². The lowest BCUT2D eigenvalue weighted by atomic mass is 10.1. The van der Waals surface area contributed by atoms with Gasteiger partial charge in [0.15, 0.2) is 6.10 Å². The molecule has 5 nitrogen and oxygen atoms in total. The average molecular weight is 544 g/mol. The number of fused-ring (bicyclic) bond motifs is 1. The fourth-order valence-corrected chi connectivity index (χ4v) is 3.85. The Kier molecular flexibility index (Phi) is 8.10. The molecule has 0 saturated carbocycles. The molecule has 0 saturated heterocycles. The zero-order valence-electron chi connectivity index (χ0n) is 16.8. The summed E-state index contributed by atoms with van der Waals surface area (Å²) in [7, 11) is 0. The van der Waals surface area contributed by atoms with Crippen molar-refractivity contribution >= 4 is 54.8 Å². The van der Waals surface area contributed by atoms with Crippen LogP contribution in [0.5, 0.6) is 11.5 Å². The average Bonchev–Trinajstić information content (AvgIpc) is 2.78. The maximum Gasteiger partial charge on any atom is 0.281 e. The largest absolute Gasteiger partial charge is 0.480 e. The summed E-state index contributed by atoms with van der Waals surface area (Å²) in [4.78, 5) is 12.6. The van der Waals surface area contributed by atoms with Crippen molar-refractivity contribution in [2.75, 3.05) is 6.61 Å². The number of ether oxygens (including phenoxy) is 2. The maximum absolute atomic E-state index is 12.6. The summed E-state index contributed by atoms with van der Waals surface area (Å²) in [5.41, 5.74) is 3.22. The number of hydrogen-bond acceptors (Lipinski definition) is 4. The molecule has 0 heterocycles. The lowest BCUT2D eigenvalue weighted by molar-refractivity contribution is -0.128. The van der Waals surface area contributed by atoms with Crippen molar-refractivity contribution in [1.82, 2.24) is 5.43 Å². The molecule has 1 N–H and O–H groups in total. The van der Waals surface area contributed by atoms with Gasteiger partial charge in [0.25, 0.3) is 5.91 Å². The van der Waals surface area contributed by atoms with E-state index < -0.39 is 6.10 Å². The number of terminal acetylenes is 1. The standard InChI is InChI=1S/C24H20Br2N2O3/c1-3-13-30-21-12-10-18(25)14-17(21)15-27-28-24(29)20(4-2)31-22-11-9-16-7-5-6-8-19(16)23(22)26/h1,5-12,14-15,20H,4,13H2,2H3,(H,28,29)/b27-15+. The molecule has 0 aliphatic heterocycles. The molecule has 0 bridgehead atoms. The second kappa shape index (κ2) is 11.0. The third kappa shape index (κ3) is 5.87. The van der Waals surface area contributed by atoms with Crippen molar-refractivity contribution in [3.05, 3.63) is 69.1 Å². The number of nitrogens with zero attached hydrogens (tertiary/aromatic N) is 1. The zero-order chi connectivity index (χ0) is 22.2. The molecule has 1 unspecified atom stereocenters. The molecule has 31 heavy (non-hydrogen) atoms. The molecule has 0 spiro atoms. The monoisotopic (exact) mass is 542 g/mol. The molecule has 3 aromatic carbocycles. The van der Waals surface area contributed by atoms with Gasteiger partial charge in [-0.05, 0) is 57.4 Å². The number of benzene rings is 3. The van der Waals surface area contributed by atoms with Crippen LogP contribution in [0.1, 0.15) is 18.9 Å². The number of carbonyl (C=O) groups excluding carboxylic acids is 1. The fourth-order valence-electron chi connectivity index (χ4n) is 2.89. The zero-order valence-corrected chi connectivity index (χ0v) is 19.9. The number of amides is 1. The van der Waals surface area contributed by atoms with Crippen molar-refractivity contribution in [2.24, 2.45) is 5.10 Å². The van der Waals surface area contributed by atoms with Crippen LogP contribution in [-0.2, 0) is 4.79 Å². The predicted octanol–water partition coefficient (Wildman–Crippen LogP) is 5.68. The van der Waals surface area contributed by atoms with E-state index in [1.165, 1.54) is 6.21 Å². The van der Waals surface area contributed by atoms with Gasteiger partial charge in [0.05, 0.1) is 10.7 Å². The van der Waals surface area contributed by atoms with E-state index in [1.54, 1.807) is 6.07 Å². The van der Waals surface area contributed by atoms with Crippen LogP contribution < -0.4 is 14.9 Å². The van der Waals surface area contributed by atoms with Crippen LogP contribution in [-0.4, -0.2) is 24.8 Å².